The van der Waals surface area contributed by atoms with Gasteiger partial charge in [0.2, 0.25) is 0 Å². The molecule has 8 heteroatoms. The highest BCUT2D eigenvalue weighted by atomic mass is 31.2. The molecule has 0 saturated carbocycles. The first-order valence-corrected chi connectivity index (χ1v) is 14.0. The minimum atomic E-state index is -3.64. The molecule has 0 aliphatic heterocycles. The predicted octanol–water partition coefficient (Wildman–Crippen LogP) is 7.71. The van der Waals surface area contributed by atoms with Crippen molar-refractivity contribution in [2.45, 2.75) is 86.0 Å². The van der Waals surface area contributed by atoms with E-state index in [0.717, 1.165) is 19.3 Å². The zero-order valence-corrected chi connectivity index (χ0v) is 21.2. The smallest absolute Gasteiger partial charge is 0.308 e. The monoisotopic (exact) mass is 452 g/mol. The van der Waals surface area contributed by atoms with Crippen molar-refractivity contribution in [3.05, 3.63) is 23.3 Å². The lowest BCUT2D eigenvalue weighted by atomic mass is 10.1. The summed E-state index contributed by atoms with van der Waals surface area (Å²) in [6.45, 7) is 14.1. The van der Waals surface area contributed by atoms with Gasteiger partial charge in [-0.3, -0.25) is 9.13 Å². The Morgan fingerprint density at radius 1 is 0.759 bits per heavy atom. The van der Waals surface area contributed by atoms with Crippen LogP contribution >= 0.6 is 15.2 Å². The fourth-order valence-electron chi connectivity index (χ4n) is 2.97. The van der Waals surface area contributed by atoms with Crippen molar-refractivity contribution in [1.82, 2.24) is 0 Å². The molecule has 0 spiro atoms. The van der Waals surface area contributed by atoms with Crippen molar-refractivity contribution in [3.8, 4) is 0 Å². The number of rotatable bonds is 17. The number of hydrogen-bond acceptors (Lipinski definition) is 6. The van der Waals surface area contributed by atoms with Crippen molar-refractivity contribution >= 4 is 15.2 Å². The lowest BCUT2D eigenvalue weighted by molar-refractivity contribution is 0.193. The van der Waals surface area contributed by atoms with Gasteiger partial charge < -0.3 is 18.1 Å². The molecule has 0 saturated heterocycles. The van der Waals surface area contributed by atoms with E-state index in [1.165, 1.54) is 11.1 Å². The summed E-state index contributed by atoms with van der Waals surface area (Å²) in [7, 11) is -7.29. The molecule has 0 atom stereocenters. The van der Waals surface area contributed by atoms with Crippen LogP contribution in [-0.4, -0.2) is 31.8 Å². The molecule has 0 heterocycles. The first-order chi connectivity index (χ1) is 13.7. The largest absolute Gasteiger partial charge is 0.345 e. The maximum Gasteiger partial charge on any atom is 0.345 e. The van der Waals surface area contributed by atoms with E-state index in [4.69, 9.17) is 18.1 Å². The average Bonchev–Trinajstić information content (AvgIpc) is 2.61. The molecule has 0 radical (unpaired) electrons. The van der Waals surface area contributed by atoms with E-state index in [2.05, 4.69) is 32.9 Å². The molecular weight excluding hydrogens is 410 g/mol. The van der Waals surface area contributed by atoms with Crippen molar-refractivity contribution in [2.24, 2.45) is 0 Å². The molecule has 0 N–H and O–H groups in total. The van der Waals surface area contributed by atoms with Gasteiger partial charge in [-0.25, -0.2) is 0 Å². The second-order valence-corrected chi connectivity index (χ2v) is 11.9. The third-order valence-corrected chi connectivity index (χ3v) is 10.4. The molecule has 6 nitrogen and oxygen atoms in total. The van der Waals surface area contributed by atoms with E-state index in [-0.39, 0.29) is 26.4 Å². The number of allylic oxidation sites excluding steroid dienone is 4. The summed E-state index contributed by atoms with van der Waals surface area (Å²) in [5, 5.41) is -0.922. The van der Waals surface area contributed by atoms with Crippen LogP contribution in [0, 0.1) is 0 Å². The summed E-state index contributed by atoms with van der Waals surface area (Å²) in [5.41, 5.74) is 2.64. The Morgan fingerprint density at radius 2 is 1.21 bits per heavy atom. The molecule has 0 aromatic heterocycles. The maximum atomic E-state index is 13.4. The Labute approximate surface area is 178 Å². The van der Waals surface area contributed by atoms with Gasteiger partial charge in [-0.15, -0.1) is 0 Å². The second-order valence-electron chi connectivity index (χ2n) is 7.03. The molecule has 0 bridgehead atoms. The predicted molar refractivity (Wildman–Crippen MR) is 122 cm³/mol. The normalized spacial score (nSPS) is 13.2. The van der Waals surface area contributed by atoms with Gasteiger partial charge in [0.25, 0.3) is 0 Å². The van der Waals surface area contributed by atoms with Gasteiger partial charge in [0.15, 0.2) is 5.40 Å². The van der Waals surface area contributed by atoms with Gasteiger partial charge in [0, 0.05) is 0 Å². The van der Waals surface area contributed by atoms with E-state index in [0.29, 0.717) is 12.8 Å². The van der Waals surface area contributed by atoms with Crippen molar-refractivity contribution < 1.29 is 27.2 Å². The zero-order valence-electron chi connectivity index (χ0n) is 19.4. The van der Waals surface area contributed by atoms with E-state index in [1.807, 2.05) is 0 Å². The Bertz CT molecular complexity index is 546. The molecule has 0 unspecified atom stereocenters. The van der Waals surface area contributed by atoms with E-state index >= 15 is 0 Å². The first kappa shape index (κ1) is 28.8. The van der Waals surface area contributed by atoms with Crippen LogP contribution in [0.1, 0.15) is 80.6 Å². The van der Waals surface area contributed by atoms with Crippen molar-refractivity contribution in [1.29, 1.82) is 0 Å². The molecule has 0 aromatic rings. The van der Waals surface area contributed by atoms with Gasteiger partial charge in [-0.2, -0.15) is 0 Å². The van der Waals surface area contributed by atoms with E-state index in [9.17, 15) is 9.13 Å². The van der Waals surface area contributed by atoms with Crippen LogP contribution in [0.3, 0.4) is 0 Å². The summed E-state index contributed by atoms with van der Waals surface area (Å²) in [6.07, 6.45) is 8.34. The van der Waals surface area contributed by atoms with E-state index < -0.39 is 20.6 Å². The van der Waals surface area contributed by atoms with Crippen LogP contribution in [0.4, 0.5) is 0 Å². The lowest BCUT2D eigenvalue weighted by Crippen LogP contribution is -2.18. The summed E-state index contributed by atoms with van der Waals surface area (Å²) in [6, 6.07) is 0. The molecule has 0 rings (SSSR count). The third kappa shape index (κ3) is 11.1. The highest BCUT2D eigenvalue weighted by molar-refractivity contribution is 7.72. The highest BCUT2D eigenvalue weighted by Crippen LogP contribution is 2.71. The highest BCUT2D eigenvalue weighted by Gasteiger charge is 2.50. The Balaban J connectivity index is 5.33. The van der Waals surface area contributed by atoms with Crippen LogP contribution < -0.4 is 0 Å². The van der Waals surface area contributed by atoms with Gasteiger partial charge in [0.05, 0.1) is 26.4 Å². The van der Waals surface area contributed by atoms with Gasteiger partial charge >= 0.3 is 15.2 Å². The average molecular weight is 453 g/mol. The van der Waals surface area contributed by atoms with Crippen LogP contribution in [0.2, 0.25) is 0 Å². The topological polar surface area (TPSA) is 71.1 Å². The molecule has 172 valence electrons. The van der Waals surface area contributed by atoms with Crippen LogP contribution in [-0.2, 0) is 27.2 Å². The molecular formula is C21H42O6P2. The molecule has 0 aliphatic carbocycles. The number of hydrogen-bond donors (Lipinski definition) is 0. The summed E-state index contributed by atoms with van der Waals surface area (Å²) in [5.74, 6) is 0. The summed E-state index contributed by atoms with van der Waals surface area (Å²) < 4.78 is 48.9. The van der Waals surface area contributed by atoms with Gasteiger partial charge in [-0.05, 0) is 80.6 Å². The fraction of sp³-hybridized carbons (Fsp3) is 0.810. The lowest BCUT2D eigenvalue weighted by Gasteiger charge is -2.31. The molecule has 0 aliphatic rings. The van der Waals surface area contributed by atoms with Gasteiger partial charge in [0.1, 0.15) is 0 Å². The zero-order chi connectivity index (χ0) is 22.3. The van der Waals surface area contributed by atoms with Gasteiger partial charge in [-0.1, -0.05) is 23.3 Å². The maximum absolute atomic E-state index is 13.4. The minimum absolute atomic E-state index is 0.204. The first-order valence-electron chi connectivity index (χ1n) is 10.8. The third-order valence-electron chi connectivity index (χ3n) is 4.22. The van der Waals surface area contributed by atoms with Crippen molar-refractivity contribution in [3.63, 3.8) is 0 Å². The molecule has 0 amide bonds. The van der Waals surface area contributed by atoms with Crippen LogP contribution in [0.5, 0.6) is 0 Å². The van der Waals surface area contributed by atoms with Crippen LogP contribution in [0.15, 0.2) is 23.3 Å². The summed E-state index contributed by atoms with van der Waals surface area (Å²) in [4.78, 5) is 0. The standard InChI is InChI=1S/C21H42O6P2/c1-8-24-28(22,25-9-2)21(29(23,26-10-3)27-11-4)18-13-12-16-20(7)17-14-15-19(5)6/h15-16,21H,8-14,17-18H2,1-7H3/b20-16+. The Morgan fingerprint density at radius 3 is 1.59 bits per heavy atom. The minimum Gasteiger partial charge on any atom is -0.308 e. The Hall–Kier alpha value is -0.220. The van der Waals surface area contributed by atoms with Crippen molar-refractivity contribution in [2.75, 3.05) is 26.4 Å². The Kier molecular flexibility index (Phi) is 15.4. The van der Waals surface area contributed by atoms with Crippen LogP contribution in [0.25, 0.3) is 0 Å². The SMILES string of the molecule is CCOP(=O)(OCC)C(CCC/C=C(\C)CCC=C(C)C)P(=O)(OCC)OCC. The molecule has 0 fully saturated rings. The fourth-order valence-corrected chi connectivity index (χ4v) is 8.43. The second kappa shape index (κ2) is 15.6. The quantitative estimate of drug-likeness (QED) is 0.128. The van der Waals surface area contributed by atoms with E-state index in [1.54, 1.807) is 27.7 Å². The number of unbranched alkanes of at least 4 members (excludes halogenated alkanes) is 1. The summed E-state index contributed by atoms with van der Waals surface area (Å²) >= 11 is 0. The molecule has 0 aromatic carbocycles. The molecule has 29 heavy (non-hydrogen) atoms.